The number of thioether (sulfide) groups is 1. The highest BCUT2D eigenvalue weighted by atomic mass is 32.2. The maximum absolute atomic E-state index is 12.6. The van der Waals surface area contributed by atoms with Crippen LogP contribution in [0.15, 0.2) is 33.5 Å². The molecule has 3 aromatic rings. The number of fused-ring (bicyclic) bond motifs is 2. The Morgan fingerprint density at radius 1 is 1.29 bits per heavy atom. The molecule has 0 saturated heterocycles. The van der Waals surface area contributed by atoms with Crippen LogP contribution in [0.25, 0.3) is 21.3 Å². The molecule has 124 valence electrons. The van der Waals surface area contributed by atoms with Crippen LogP contribution in [0.5, 0.6) is 0 Å². The number of ether oxygens (including phenoxy) is 1. The fourth-order valence-corrected chi connectivity index (χ4v) is 4.78. The second-order valence-electron chi connectivity index (χ2n) is 5.94. The molecule has 0 spiro atoms. The van der Waals surface area contributed by atoms with E-state index in [1.807, 2.05) is 5.38 Å². The number of hydrogen-bond donors (Lipinski definition) is 1. The lowest BCUT2D eigenvalue weighted by Gasteiger charge is -2.16. The number of thiophene rings is 1. The average Bonchev–Trinajstić information content (AvgIpc) is 3.04. The normalized spacial score (nSPS) is 14.0. The van der Waals surface area contributed by atoms with Crippen LogP contribution in [0.1, 0.15) is 24.0 Å². The molecule has 1 aliphatic rings. The van der Waals surface area contributed by atoms with Crippen molar-refractivity contribution < 1.29 is 4.74 Å². The maximum Gasteiger partial charge on any atom is 0.260 e. The number of aryl methyl sites for hydroxylation is 2. The Hall–Kier alpha value is -1.63. The zero-order chi connectivity index (χ0) is 16.5. The summed E-state index contributed by atoms with van der Waals surface area (Å²) >= 11 is 2.91. The number of benzene rings is 1. The zero-order valence-electron chi connectivity index (χ0n) is 13.4. The van der Waals surface area contributed by atoms with Gasteiger partial charge in [0.25, 0.3) is 5.56 Å². The van der Waals surface area contributed by atoms with Gasteiger partial charge in [-0.25, -0.2) is 4.98 Å². The lowest BCUT2D eigenvalue weighted by molar-refractivity contribution is 0.258. The molecule has 0 unspecified atom stereocenters. The number of methoxy groups -OCH3 is 1. The Labute approximate surface area is 148 Å². The van der Waals surface area contributed by atoms with E-state index >= 15 is 0 Å². The number of hydrogen-bond acceptors (Lipinski definition) is 5. The summed E-state index contributed by atoms with van der Waals surface area (Å²) in [4.78, 5) is 20.8. The van der Waals surface area contributed by atoms with Crippen LogP contribution in [0.3, 0.4) is 0 Å². The predicted molar refractivity (Wildman–Crippen MR) is 100 cm³/mol. The second kappa shape index (κ2) is 6.70. The molecule has 1 aromatic carbocycles. The zero-order valence-corrected chi connectivity index (χ0v) is 15.1. The molecule has 1 N–H and O–H groups in total. The van der Waals surface area contributed by atoms with Crippen LogP contribution >= 0.6 is 23.1 Å². The number of nitrogens with zero attached hydrogens (tertiary/aromatic N) is 1. The quantitative estimate of drug-likeness (QED) is 0.431. The van der Waals surface area contributed by atoms with Crippen LogP contribution in [-0.2, 0) is 17.6 Å². The molecule has 1 aliphatic carbocycles. The van der Waals surface area contributed by atoms with E-state index in [4.69, 9.17) is 4.74 Å². The highest BCUT2D eigenvalue weighted by molar-refractivity contribution is 7.99. The third-order valence-corrected chi connectivity index (χ3v) is 6.09. The van der Waals surface area contributed by atoms with Gasteiger partial charge in [-0.3, -0.25) is 4.79 Å². The standard InChI is InChI=1S/C18H18N2O2S2/c1-22-10-24-18-19-16(21)15-14(9-23-17(15)20-18)13-7-6-11-4-2-3-5-12(11)8-13/h6-9H,2-5,10H2,1H3,(H,19,20,21). The first-order valence-corrected chi connectivity index (χ1v) is 9.88. The van der Waals surface area contributed by atoms with Crippen molar-refractivity contribution in [2.24, 2.45) is 0 Å². The van der Waals surface area contributed by atoms with Crippen molar-refractivity contribution in [3.05, 3.63) is 45.1 Å². The van der Waals surface area contributed by atoms with Gasteiger partial charge in [-0.15, -0.1) is 11.3 Å². The van der Waals surface area contributed by atoms with Crippen molar-refractivity contribution in [3.8, 4) is 11.1 Å². The Morgan fingerprint density at radius 2 is 2.12 bits per heavy atom. The van der Waals surface area contributed by atoms with Gasteiger partial charge in [0.2, 0.25) is 0 Å². The van der Waals surface area contributed by atoms with E-state index in [0.717, 1.165) is 22.4 Å². The molecule has 24 heavy (non-hydrogen) atoms. The summed E-state index contributed by atoms with van der Waals surface area (Å²) in [7, 11) is 1.63. The molecule has 2 heterocycles. The topological polar surface area (TPSA) is 55.0 Å². The van der Waals surface area contributed by atoms with Gasteiger partial charge in [0, 0.05) is 18.1 Å². The molecule has 0 fully saturated rings. The summed E-state index contributed by atoms with van der Waals surface area (Å²) in [5.41, 5.74) is 4.91. The minimum Gasteiger partial charge on any atom is -0.374 e. The molecule has 0 amide bonds. The monoisotopic (exact) mass is 358 g/mol. The lowest BCUT2D eigenvalue weighted by atomic mass is 9.89. The molecule has 0 saturated carbocycles. The molecule has 2 aromatic heterocycles. The van der Waals surface area contributed by atoms with Gasteiger partial charge in [0.15, 0.2) is 5.16 Å². The number of aromatic nitrogens is 2. The summed E-state index contributed by atoms with van der Waals surface area (Å²) in [6, 6.07) is 6.61. The van der Waals surface area contributed by atoms with Crippen LogP contribution in [-0.4, -0.2) is 23.0 Å². The number of H-pyrrole nitrogens is 1. The summed E-state index contributed by atoms with van der Waals surface area (Å²) in [5, 5.41) is 3.34. The first-order valence-electron chi connectivity index (χ1n) is 8.01. The molecular weight excluding hydrogens is 340 g/mol. The number of rotatable bonds is 4. The van der Waals surface area contributed by atoms with Gasteiger partial charge < -0.3 is 9.72 Å². The van der Waals surface area contributed by atoms with Crippen LogP contribution in [0.2, 0.25) is 0 Å². The van der Waals surface area contributed by atoms with E-state index < -0.39 is 0 Å². The van der Waals surface area contributed by atoms with E-state index in [9.17, 15) is 4.79 Å². The molecule has 4 nitrogen and oxygen atoms in total. The third-order valence-electron chi connectivity index (χ3n) is 4.40. The number of aromatic amines is 1. The second-order valence-corrected chi connectivity index (χ2v) is 7.71. The minimum atomic E-state index is -0.0763. The van der Waals surface area contributed by atoms with Gasteiger partial charge in [0.05, 0.1) is 11.3 Å². The fourth-order valence-electron chi connectivity index (χ4n) is 3.23. The molecule has 6 heteroatoms. The fraction of sp³-hybridized carbons (Fsp3) is 0.333. The van der Waals surface area contributed by atoms with E-state index in [1.165, 1.54) is 53.5 Å². The first kappa shape index (κ1) is 15.9. The van der Waals surface area contributed by atoms with Crippen molar-refractivity contribution in [2.45, 2.75) is 30.8 Å². The van der Waals surface area contributed by atoms with Crippen molar-refractivity contribution in [1.82, 2.24) is 9.97 Å². The van der Waals surface area contributed by atoms with Gasteiger partial charge in [-0.2, -0.15) is 0 Å². The van der Waals surface area contributed by atoms with Gasteiger partial charge >= 0.3 is 0 Å². The Balaban J connectivity index is 1.79. The molecule has 0 radical (unpaired) electrons. The Bertz CT molecular complexity index is 946. The third kappa shape index (κ3) is 2.90. The minimum absolute atomic E-state index is 0.0763. The molecule has 4 rings (SSSR count). The van der Waals surface area contributed by atoms with Crippen molar-refractivity contribution in [2.75, 3.05) is 13.0 Å². The van der Waals surface area contributed by atoms with Crippen molar-refractivity contribution in [3.63, 3.8) is 0 Å². The van der Waals surface area contributed by atoms with E-state index in [-0.39, 0.29) is 5.56 Å². The average molecular weight is 358 g/mol. The van der Waals surface area contributed by atoms with Gasteiger partial charge in [-0.05, 0) is 42.4 Å². The SMILES string of the molecule is COCSc1nc2scc(-c3ccc4c(c3)CCCC4)c2c(=O)[nH]1. The summed E-state index contributed by atoms with van der Waals surface area (Å²) in [5.74, 6) is 0.470. The Morgan fingerprint density at radius 3 is 2.96 bits per heavy atom. The largest absolute Gasteiger partial charge is 0.374 e. The molecular formula is C18H18N2O2S2. The summed E-state index contributed by atoms with van der Waals surface area (Å²) in [6.45, 7) is 0. The van der Waals surface area contributed by atoms with Crippen LogP contribution < -0.4 is 5.56 Å². The number of nitrogens with one attached hydrogen (secondary N) is 1. The molecule has 0 bridgehead atoms. The molecule has 0 aliphatic heterocycles. The van der Waals surface area contributed by atoms with Crippen LogP contribution in [0, 0.1) is 0 Å². The van der Waals surface area contributed by atoms with Crippen LogP contribution in [0.4, 0.5) is 0 Å². The van der Waals surface area contributed by atoms with Crippen molar-refractivity contribution in [1.29, 1.82) is 0 Å². The predicted octanol–water partition coefficient (Wildman–Crippen LogP) is 4.23. The van der Waals surface area contributed by atoms with E-state index in [2.05, 4.69) is 28.2 Å². The van der Waals surface area contributed by atoms with E-state index in [1.54, 1.807) is 7.11 Å². The summed E-state index contributed by atoms with van der Waals surface area (Å²) in [6.07, 6.45) is 4.84. The van der Waals surface area contributed by atoms with E-state index in [0.29, 0.717) is 16.5 Å². The Kier molecular flexibility index (Phi) is 4.43. The summed E-state index contributed by atoms with van der Waals surface area (Å²) < 4.78 is 5.03. The maximum atomic E-state index is 12.6. The highest BCUT2D eigenvalue weighted by Crippen LogP contribution is 2.34. The van der Waals surface area contributed by atoms with Gasteiger partial charge in [0.1, 0.15) is 4.83 Å². The van der Waals surface area contributed by atoms with Crippen molar-refractivity contribution >= 4 is 33.3 Å². The highest BCUT2D eigenvalue weighted by Gasteiger charge is 2.15. The molecule has 0 atom stereocenters. The van der Waals surface area contributed by atoms with Gasteiger partial charge in [-0.1, -0.05) is 30.0 Å². The smallest absolute Gasteiger partial charge is 0.260 e. The lowest BCUT2D eigenvalue weighted by Crippen LogP contribution is -2.09. The first-order chi connectivity index (χ1) is 11.8.